The minimum absolute atomic E-state index is 0.151. The third-order valence-corrected chi connectivity index (χ3v) is 8.30. The Morgan fingerprint density at radius 3 is 1.33 bits per heavy atom. The van der Waals surface area contributed by atoms with Gasteiger partial charge >= 0.3 is 0 Å². The van der Waals surface area contributed by atoms with Gasteiger partial charge in [-0.2, -0.15) is 0 Å². The number of morpholine rings is 2. The summed E-state index contributed by atoms with van der Waals surface area (Å²) in [6.45, 7) is 13.5. The van der Waals surface area contributed by atoms with E-state index in [-0.39, 0.29) is 23.4 Å². The minimum atomic E-state index is -0.166. The molecule has 0 saturated carbocycles. The second-order valence-electron chi connectivity index (χ2n) is 11.6. The number of quaternary nitrogens is 2. The summed E-state index contributed by atoms with van der Waals surface area (Å²) in [4.78, 5) is 30.6. The average Bonchev–Trinajstić information content (AvgIpc) is 3.05. The molecule has 2 aromatic rings. The van der Waals surface area contributed by atoms with Gasteiger partial charge in [0.2, 0.25) is 0 Å². The van der Waals surface area contributed by atoms with Crippen molar-refractivity contribution in [1.29, 1.82) is 0 Å². The Morgan fingerprint density at radius 1 is 0.643 bits per heavy atom. The highest BCUT2D eigenvalue weighted by Crippen LogP contribution is 2.23. The SMILES string of the molecule is CCCOc1ccc(C(=O)C(CCC(C[NH+]2CCOCC2)C(=O)c2ccc(OCCC)cc2)C[NH+]2CCOCC2)cc1. The summed E-state index contributed by atoms with van der Waals surface area (Å²) in [5, 5.41) is 0. The number of nitrogens with one attached hydrogen (secondary N) is 2. The summed E-state index contributed by atoms with van der Waals surface area (Å²) in [6, 6.07) is 15.1. The normalized spacial score (nSPS) is 17.9. The number of hydrogen-bond acceptors (Lipinski definition) is 6. The number of ether oxygens (including phenoxy) is 4. The van der Waals surface area contributed by atoms with Crippen molar-refractivity contribution in [2.75, 3.05) is 78.9 Å². The molecule has 0 radical (unpaired) electrons. The largest absolute Gasteiger partial charge is 0.494 e. The third kappa shape index (κ3) is 9.90. The molecular weight excluding hydrogens is 532 g/mol. The van der Waals surface area contributed by atoms with Crippen LogP contribution in [0.3, 0.4) is 0 Å². The number of carbonyl (C=O) groups is 2. The molecule has 0 aromatic heterocycles. The predicted molar refractivity (Wildman–Crippen MR) is 162 cm³/mol. The second kappa shape index (κ2) is 17.4. The Bertz CT molecular complexity index is 991. The molecule has 230 valence electrons. The summed E-state index contributed by atoms with van der Waals surface area (Å²) in [6.07, 6.45) is 3.23. The lowest BCUT2D eigenvalue weighted by molar-refractivity contribution is -0.911. The Labute approximate surface area is 251 Å². The smallest absolute Gasteiger partial charge is 0.171 e. The average molecular weight is 583 g/mol. The van der Waals surface area contributed by atoms with Crippen LogP contribution in [0.15, 0.2) is 48.5 Å². The van der Waals surface area contributed by atoms with Crippen LogP contribution in [-0.4, -0.2) is 90.5 Å². The second-order valence-corrected chi connectivity index (χ2v) is 11.6. The van der Waals surface area contributed by atoms with Crippen LogP contribution in [0.1, 0.15) is 60.2 Å². The zero-order valence-corrected chi connectivity index (χ0v) is 25.5. The molecule has 2 aliphatic heterocycles. The Balaban J connectivity index is 1.49. The molecule has 4 rings (SSSR count). The fraction of sp³-hybridized carbons (Fsp3) is 0.588. The molecule has 0 spiro atoms. The van der Waals surface area contributed by atoms with Crippen molar-refractivity contribution in [3.63, 3.8) is 0 Å². The van der Waals surface area contributed by atoms with Crippen molar-refractivity contribution >= 4 is 11.6 Å². The van der Waals surface area contributed by atoms with E-state index in [1.807, 2.05) is 48.5 Å². The van der Waals surface area contributed by atoms with Crippen LogP contribution in [0.2, 0.25) is 0 Å². The summed E-state index contributed by atoms with van der Waals surface area (Å²) in [5.74, 6) is 1.54. The molecule has 8 nitrogen and oxygen atoms in total. The molecule has 2 saturated heterocycles. The fourth-order valence-electron chi connectivity index (χ4n) is 5.82. The van der Waals surface area contributed by atoms with Crippen molar-refractivity contribution in [3.05, 3.63) is 59.7 Å². The van der Waals surface area contributed by atoms with E-state index in [1.54, 1.807) is 0 Å². The highest BCUT2D eigenvalue weighted by atomic mass is 16.5. The lowest BCUT2D eigenvalue weighted by Crippen LogP contribution is -3.15. The Hall–Kier alpha value is -2.78. The highest BCUT2D eigenvalue weighted by Gasteiger charge is 2.32. The highest BCUT2D eigenvalue weighted by molar-refractivity contribution is 5.99. The summed E-state index contributed by atoms with van der Waals surface area (Å²) >= 11 is 0. The maximum Gasteiger partial charge on any atom is 0.171 e. The molecule has 0 amide bonds. The molecule has 2 aromatic carbocycles. The first-order valence-corrected chi connectivity index (χ1v) is 15.9. The third-order valence-electron chi connectivity index (χ3n) is 8.30. The van der Waals surface area contributed by atoms with Crippen LogP contribution in [0, 0.1) is 11.8 Å². The van der Waals surface area contributed by atoms with Gasteiger partial charge in [0.25, 0.3) is 0 Å². The Kier molecular flexibility index (Phi) is 13.3. The maximum atomic E-state index is 13.9. The molecule has 0 bridgehead atoms. The van der Waals surface area contributed by atoms with Crippen molar-refractivity contribution in [2.24, 2.45) is 11.8 Å². The minimum Gasteiger partial charge on any atom is -0.494 e. The molecule has 0 aliphatic carbocycles. The van der Waals surface area contributed by atoms with Crippen molar-refractivity contribution < 1.29 is 38.3 Å². The van der Waals surface area contributed by atoms with Crippen LogP contribution in [0.5, 0.6) is 11.5 Å². The van der Waals surface area contributed by atoms with E-state index in [9.17, 15) is 9.59 Å². The van der Waals surface area contributed by atoms with E-state index in [2.05, 4.69) is 13.8 Å². The molecule has 2 fully saturated rings. The Morgan fingerprint density at radius 2 is 1.00 bits per heavy atom. The van der Waals surface area contributed by atoms with E-state index < -0.39 is 0 Å². The van der Waals surface area contributed by atoms with Crippen LogP contribution in [0.4, 0.5) is 0 Å². The molecule has 2 N–H and O–H groups in total. The van der Waals surface area contributed by atoms with Crippen LogP contribution in [-0.2, 0) is 9.47 Å². The maximum absolute atomic E-state index is 13.9. The van der Waals surface area contributed by atoms with Gasteiger partial charge in [-0.05, 0) is 74.2 Å². The standard InChI is InChI=1S/C34H48N2O6/c1-3-19-41-31-11-7-27(8-12-31)33(37)29(25-35-15-21-39-22-16-35)5-6-30(26-36-17-23-40-24-18-36)34(38)28-9-13-32(14-10-28)42-20-4-2/h7-14,29-30H,3-6,15-26H2,1-2H3/p+2. The van der Waals surface area contributed by atoms with Gasteiger partial charge in [-0.25, -0.2) is 0 Å². The molecule has 8 heteroatoms. The first-order valence-electron chi connectivity index (χ1n) is 15.9. The van der Waals surface area contributed by atoms with Crippen LogP contribution in [0.25, 0.3) is 0 Å². The van der Waals surface area contributed by atoms with Crippen molar-refractivity contribution in [1.82, 2.24) is 0 Å². The number of carbonyl (C=O) groups excluding carboxylic acids is 2. The monoisotopic (exact) mass is 582 g/mol. The number of ketones is 2. The van der Waals surface area contributed by atoms with E-state index >= 15 is 0 Å². The van der Waals surface area contributed by atoms with E-state index in [0.29, 0.717) is 37.2 Å². The van der Waals surface area contributed by atoms with Gasteiger partial charge < -0.3 is 28.7 Å². The number of Topliss-reactive ketones (excluding diaryl/α,β-unsaturated/α-hetero) is 2. The molecule has 2 heterocycles. The molecule has 2 unspecified atom stereocenters. The number of hydrogen-bond donors (Lipinski definition) is 2. The van der Waals surface area contributed by atoms with Crippen molar-refractivity contribution in [2.45, 2.75) is 39.5 Å². The predicted octanol–water partition coefficient (Wildman–Crippen LogP) is 2.17. The number of benzene rings is 2. The van der Waals surface area contributed by atoms with E-state index in [4.69, 9.17) is 18.9 Å². The zero-order valence-electron chi connectivity index (χ0n) is 25.5. The molecule has 42 heavy (non-hydrogen) atoms. The van der Waals surface area contributed by atoms with Crippen molar-refractivity contribution in [3.8, 4) is 11.5 Å². The lowest BCUT2D eigenvalue weighted by atomic mass is 9.86. The quantitative estimate of drug-likeness (QED) is 0.279. The van der Waals surface area contributed by atoms with E-state index in [0.717, 1.165) is 90.0 Å². The fourth-order valence-corrected chi connectivity index (χ4v) is 5.82. The van der Waals surface area contributed by atoms with Gasteiger partial charge in [-0.15, -0.1) is 0 Å². The zero-order chi connectivity index (χ0) is 29.6. The summed E-state index contributed by atoms with van der Waals surface area (Å²) in [5.41, 5.74) is 1.42. The van der Waals surface area contributed by atoms with Gasteiger partial charge in [-0.3, -0.25) is 9.59 Å². The lowest BCUT2D eigenvalue weighted by Gasteiger charge is -2.29. The first-order chi connectivity index (χ1) is 20.6. The number of rotatable bonds is 17. The van der Waals surface area contributed by atoms with E-state index in [1.165, 1.54) is 9.80 Å². The summed E-state index contributed by atoms with van der Waals surface area (Å²) in [7, 11) is 0. The van der Waals surface area contributed by atoms with Crippen LogP contribution < -0.4 is 19.3 Å². The molecule has 2 aliphatic rings. The summed E-state index contributed by atoms with van der Waals surface area (Å²) < 4.78 is 22.6. The molecule has 2 atom stereocenters. The first kappa shape index (κ1) is 32.1. The van der Waals surface area contributed by atoms with Gasteiger partial charge in [0.15, 0.2) is 11.6 Å². The topological polar surface area (TPSA) is 79.9 Å². The van der Waals surface area contributed by atoms with Gasteiger partial charge in [0, 0.05) is 11.1 Å². The van der Waals surface area contributed by atoms with Gasteiger partial charge in [-0.1, -0.05) is 13.8 Å². The molecular formula is C34H50N2O6+2. The van der Waals surface area contributed by atoms with Gasteiger partial charge in [0.05, 0.1) is 64.6 Å². The van der Waals surface area contributed by atoms with Gasteiger partial charge in [0.1, 0.15) is 37.7 Å². The van der Waals surface area contributed by atoms with Crippen LogP contribution >= 0.6 is 0 Å².